The van der Waals surface area contributed by atoms with Gasteiger partial charge in [0, 0.05) is 12.1 Å². The van der Waals surface area contributed by atoms with Gasteiger partial charge >= 0.3 is 0 Å². The standard InChI is InChI=1S/C17H19N3O3/c1-12-6-2-4-8-15(12)19-17(21)14(11-18)10-13-7-3-5-9-16(13)20(22)23/h3,5,7,9-10,12,15H,2,4,6,8H2,1H3,(H,19,21)/b14-10+. The van der Waals surface area contributed by atoms with E-state index in [-0.39, 0.29) is 22.9 Å². The minimum atomic E-state index is -0.526. The number of para-hydroxylation sites is 1. The monoisotopic (exact) mass is 313 g/mol. The van der Waals surface area contributed by atoms with Crippen LogP contribution in [-0.4, -0.2) is 16.9 Å². The Morgan fingerprint density at radius 1 is 1.39 bits per heavy atom. The first-order valence-corrected chi connectivity index (χ1v) is 7.69. The molecular weight excluding hydrogens is 294 g/mol. The van der Waals surface area contributed by atoms with Crippen LogP contribution in [0.1, 0.15) is 38.2 Å². The van der Waals surface area contributed by atoms with Crippen LogP contribution in [0.2, 0.25) is 0 Å². The van der Waals surface area contributed by atoms with E-state index in [4.69, 9.17) is 0 Å². The molecule has 1 amide bonds. The second-order valence-electron chi connectivity index (χ2n) is 5.83. The molecule has 1 aromatic carbocycles. The summed E-state index contributed by atoms with van der Waals surface area (Å²) in [7, 11) is 0. The molecule has 1 aliphatic rings. The van der Waals surface area contributed by atoms with Crippen LogP contribution in [0.15, 0.2) is 29.8 Å². The fourth-order valence-corrected chi connectivity index (χ4v) is 2.86. The topological polar surface area (TPSA) is 96.0 Å². The third-order valence-electron chi connectivity index (χ3n) is 4.23. The fraction of sp³-hybridized carbons (Fsp3) is 0.412. The summed E-state index contributed by atoms with van der Waals surface area (Å²) < 4.78 is 0. The lowest BCUT2D eigenvalue weighted by atomic mass is 9.86. The van der Waals surface area contributed by atoms with Crippen molar-refractivity contribution in [1.29, 1.82) is 5.26 Å². The third-order valence-corrected chi connectivity index (χ3v) is 4.23. The number of amides is 1. The smallest absolute Gasteiger partial charge is 0.276 e. The lowest BCUT2D eigenvalue weighted by Crippen LogP contribution is -2.41. The molecule has 0 heterocycles. The predicted molar refractivity (Wildman–Crippen MR) is 86.2 cm³/mol. The number of benzene rings is 1. The number of rotatable bonds is 4. The molecule has 0 aromatic heterocycles. The molecule has 0 aliphatic heterocycles. The van der Waals surface area contributed by atoms with Crippen molar-refractivity contribution >= 4 is 17.7 Å². The van der Waals surface area contributed by atoms with Gasteiger partial charge in [0.25, 0.3) is 11.6 Å². The maximum Gasteiger partial charge on any atom is 0.276 e. The largest absolute Gasteiger partial charge is 0.348 e. The molecule has 0 saturated heterocycles. The molecule has 2 unspecified atom stereocenters. The maximum absolute atomic E-state index is 12.3. The molecule has 6 heteroatoms. The van der Waals surface area contributed by atoms with Crippen molar-refractivity contribution in [2.45, 2.75) is 38.6 Å². The van der Waals surface area contributed by atoms with E-state index < -0.39 is 10.8 Å². The first-order chi connectivity index (χ1) is 11.0. The number of hydrogen-bond acceptors (Lipinski definition) is 4. The molecule has 1 N–H and O–H groups in total. The summed E-state index contributed by atoms with van der Waals surface area (Å²) in [6, 6.07) is 7.95. The van der Waals surface area contributed by atoms with Crippen LogP contribution in [0.4, 0.5) is 5.69 Å². The first-order valence-electron chi connectivity index (χ1n) is 7.69. The summed E-state index contributed by atoms with van der Waals surface area (Å²) in [4.78, 5) is 22.8. The molecule has 2 atom stereocenters. The summed E-state index contributed by atoms with van der Waals surface area (Å²) in [5, 5.41) is 23.1. The van der Waals surface area contributed by atoms with Crippen LogP contribution in [0.3, 0.4) is 0 Å². The number of nitrogens with zero attached hydrogens (tertiary/aromatic N) is 2. The Morgan fingerprint density at radius 3 is 2.74 bits per heavy atom. The van der Waals surface area contributed by atoms with Gasteiger partial charge in [0.1, 0.15) is 11.6 Å². The summed E-state index contributed by atoms with van der Waals surface area (Å²) in [5.41, 5.74) is 0.0112. The number of carbonyl (C=O) groups is 1. The van der Waals surface area contributed by atoms with E-state index >= 15 is 0 Å². The lowest BCUT2D eigenvalue weighted by molar-refractivity contribution is -0.385. The zero-order valence-corrected chi connectivity index (χ0v) is 13.0. The highest BCUT2D eigenvalue weighted by Gasteiger charge is 2.24. The predicted octanol–water partition coefficient (Wildman–Crippen LogP) is 3.20. The molecule has 1 saturated carbocycles. The number of nitro benzene ring substituents is 1. The zero-order valence-electron chi connectivity index (χ0n) is 13.0. The van der Waals surface area contributed by atoms with Gasteiger partial charge in [-0.25, -0.2) is 0 Å². The zero-order chi connectivity index (χ0) is 16.8. The molecule has 1 aromatic rings. The highest BCUT2D eigenvalue weighted by molar-refractivity contribution is 6.02. The van der Waals surface area contributed by atoms with Crippen molar-refractivity contribution in [3.63, 3.8) is 0 Å². The Kier molecular flexibility index (Phi) is 5.47. The van der Waals surface area contributed by atoms with Gasteiger partial charge in [-0.1, -0.05) is 31.9 Å². The quantitative estimate of drug-likeness (QED) is 0.399. The molecule has 1 fully saturated rings. The Labute approximate surface area is 135 Å². The van der Waals surface area contributed by atoms with E-state index in [0.29, 0.717) is 5.92 Å². The normalized spacial score (nSPS) is 21.3. The molecule has 0 spiro atoms. The Bertz CT molecular complexity index is 676. The second-order valence-corrected chi connectivity index (χ2v) is 5.83. The van der Waals surface area contributed by atoms with Gasteiger partial charge < -0.3 is 5.32 Å². The summed E-state index contributed by atoms with van der Waals surface area (Å²) in [6.07, 6.45) is 5.45. The maximum atomic E-state index is 12.3. The van der Waals surface area contributed by atoms with Crippen molar-refractivity contribution < 1.29 is 9.72 Å². The Hall–Kier alpha value is -2.68. The van der Waals surface area contributed by atoms with Crippen molar-refractivity contribution in [3.8, 4) is 6.07 Å². The summed E-state index contributed by atoms with van der Waals surface area (Å²) in [6.45, 7) is 2.09. The molecule has 2 rings (SSSR count). The highest BCUT2D eigenvalue weighted by Crippen LogP contribution is 2.24. The number of nitriles is 1. The van der Waals surface area contributed by atoms with E-state index in [2.05, 4.69) is 12.2 Å². The Balaban J connectivity index is 2.20. The summed E-state index contributed by atoms with van der Waals surface area (Å²) in [5.74, 6) is -0.0943. The molecule has 23 heavy (non-hydrogen) atoms. The number of hydrogen-bond donors (Lipinski definition) is 1. The third kappa shape index (κ3) is 4.16. The second kappa shape index (κ2) is 7.54. The molecular formula is C17H19N3O3. The molecule has 0 radical (unpaired) electrons. The number of carbonyl (C=O) groups excluding carboxylic acids is 1. The van der Waals surface area contributed by atoms with E-state index in [1.807, 2.05) is 6.07 Å². The Morgan fingerprint density at radius 2 is 2.09 bits per heavy atom. The molecule has 0 bridgehead atoms. The van der Waals surface area contributed by atoms with Crippen LogP contribution < -0.4 is 5.32 Å². The van der Waals surface area contributed by atoms with E-state index in [0.717, 1.165) is 25.7 Å². The van der Waals surface area contributed by atoms with Gasteiger partial charge in [-0.05, 0) is 30.9 Å². The van der Waals surface area contributed by atoms with Crippen LogP contribution in [-0.2, 0) is 4.79 Å². The van der Waals surface area contributed by atoms with Crippen LogP contribution in [0, 0.1) is 27.4 Å². The average molecular weight is 313 g/mol. The van der Waals surface area contributed by atoms with E-state index in [1.54, 1.807) is 12.1 Å². The van der Waals surface area contributed by atoms with E-state index in [1.165, 1.54) is 18.2 Å². The number of nitro groups is 1. The van der Waals surface area contributed by atoms with Crippen molar-refractivity contribution in [3.05, 3.63) is 45.5 Å². The van der Waals surface area contributed by atoms with Gasteiger partial charge in [-0.15, -0.1) is 0 Å². The minimum absolute atomic E-state index is 0.0544. The van der Waals surface area contributed by atoms with Crippen molar-refractivity contribution in [2.75, 3.05) is 0 Å². The highest BCUT2D eigenvalue weighted by atomic mass is 16.6. The van der Waals surface area contributed by atoms with Gasteiger partial charge in [0.05, 0.1) is 10.5 Å². The average Bonchev–Trinajstić information content (AvgIpc) is 2.54. The van der Waals surface area contributed by atoms with Crippen LogP contribution in [0.5, 0.6) is 0 Å². The van der Waals surface area contributed by atoms with Gasteiger partial charge in [0.15, 0.2) is 0 Å². The minimum Gasteiger partial charge on any atom is -0.348 e. The SMILES string of the molecule is CC1CCCCC1NC(=O)/C(C#N)=C/c1ccccc1[N+](=O)[O-]. The van der Waals surface area contributed by atoms with Crippen molar-refractivity contribution in [1.82, 2.24) is 5.32 Å². The molecule has 6 nitrogen and oxygen atoms in total. The molecule has 120 valence electrons. The number of nitrogens with one attached hydrogen (secondary N) is 1. The van der Waals surface area contributed by atoms with Gasteiger partial charge in [-0.2, -0.15) is 5.26 Å². The summed E-state index contributed by atoms with van der Waals surface area (Å²) >= 11 is 0. The fourth-order valence-electron chi connectivity index (χ4n) is 2.86. The van der Waals surface area contributed by atoms with Crippen molar-refractivity contribution in [2.24, 2.45) is 5.92 Å². The van der Waals surface area contributed by atoms with E-state index in [9.17, 15) is 20.2 Å². The van der Waals surface area contributed by atoms with Crippen LogP contribution >= 0.6 is 0 Å². The van der Waals surface area contributed by atoms with Crippen LogP contribution in [0.25, 0.3) is 6.08 Å². The van der Waals surface area contributed by atoms with Gasteiger partial charge in [0.2, 0.25) is 0 Å². The lowest BCUT2D eigenvalue weighted by Gasteiger charge is -2.29. The first kappa shape index (κ1) is 16.7. The molecule has 1 aliphatic carbocycles. The van der Waals surface area contributed by atoms with Gasteiger partial charge in [-0.3, -0.25) is 14.9 Å².